The van der Waals surface area contributed by atoms with Gasteiger partial charge in [-0.1, -0.05) is 54.6 Å². The van der Waals surface area contributed by atoms with Gasteiger partial charge in [0.1, 0.15) is 17.1 Å². The van der Waals surface area contributed by atoms with Gasteiger partial charge in [-0.2, -0.15) is 0 Å². The Hall–Kier alpha value is -3.07. The summed E-state index contributed by atoms with van der Waals surface area (Å²) in [6.45, 7) is 0. The zero-order valence-electron chi connectivity index (χ0n) is 12.6. The smallest absolute Gasteiger partial charge is 0.193 e. The quantitative estimate of drug-likeness (QED) is 0.507. The van der Waals surface area contributed by atoms with Crippen molar-refractivity contribution in [1.29, 1.82) is 0 Å². The van der Waals surface area contributed by atoms with E-state index in [0.29, 0.717) is 22.5 Å². The molecule has 0 amide bonds. The van der Waals surface area contributed by atoms with Crippen LogP contribution in [0.25, 0.3) is 33.1 Å². The van der Waals surface area contributed by atoms with Crippen LogP contribution in [0.4, 0.5) is 0 Å². The molecule has 4 aromatic rings. The molecule has 0 bridgehead atoms. The number of hydrogen-bond donors (Lipinski definition) is 0. The largest absolute Gasteiger partial charge is 0.496 e. The van der Waals surface area contributed by atoms with E-state index < -0.39 is 0 Å². The van der Waals surface area contributed by atoms with Crippen LogP contribution in [0.15, 0.2) is 75.9 Å². The number of fused-ring (bicyclic) bond motifs is 3. The molecule has 23 heavy (non-hydrogen) atoms. The van der Waals surface area contributed by atoms with E-state index in [1.54, 1.807) is 13.2 Å². The van der Waals surface area contributed by atoms with Crippen molar-refractivity contribution in [2.75, 3.05) is 7.11 Å². The summed E-state index contributed by atoms with van der Waals surface area (Å²) in [6.07, 6.45) is 0. The highest BCUT2D eigenvalue weighted by Gasteiger charge is 2.13. The molecular weight excluding hydrogens is 288 g/mol. The van der Waals surface area contributed by atoms with Crippen LogP contribution in [0.1, 0.15) is 0 Å². The van der Waals surface area contributed by atoms with Crippen molar-refractivity contribution < 1.29 is 9.15 Å². The highest BCUT2D eigenvalue weighted by molar-refractivity contribution is 6.07. The van der Waals surface area contributed by atoms with E-state index in [9.17, 15) is 4.79 Å². The number of benzene rings is 3. The number of methoxy groups -OCH3 is 1. The molecule has 3 nitrogen and oxygen atoms in total. The Bertz CT molecular complexity index is 1060. The van der Waals surface area contributed by atoms with E-state index in [1.807, 2.05) is 54.6 Å². The van der Waals surface area contributed by atoms with E-state index in [1.165, 1.54) is 6.07 Å². The summed E-state index contributed by atoms with van der Waals surface area (Å²) in [4.78, 5) is 12.6. The van der Waals surface area contributed by atoms with Crippen LogP contribution in [0.3, 0.4) is 0 Å². The fourth-order valence-corrected chi connectivity index (χ4v) is 2.86. The highest BCUT2D eigenvalue weighted by Crippen LogP contribution is 2.33. The molecule has 1 aromatic heterocycles. The Kier molecular flexibility index (Phi) is 3.12. The van der Waals surface area contributed by atoms with Crippen LogP contribution < -0.4 is 10.2 Å². The van der Waals surface area contributed by atoms with Gasteiger partial charge in [0.15, 0.2) is 5.43 Å². The van der Waals surface area contributed by atoms with E-state index >= 15 is 0 Å². The molecule has 0 aliphatic heterocycles. The topological polar surface area (TPSA) is 39.4 Å². The Morgan fingerprint density at radius 1 is 0.826 bits per heavy atom. The average Bonchev–Trinajstić information content (AvgIpc) is 2.62. The fraction of sp³-hybridized carbons (Fsp3) is 0.0500. The SMILES string of the molecule is COc1cc2c(=O)cc(-c3ccccc3)oc2c2ccccc12. The maximum atomic E-state index is 12.6. The van der Waals surface area contributed by atoms with Crippen LogP contribution >= 0.6 is 0 Å². The molecule has 0 aliphatic carbocycles. The lowest BCUT2D eigenvalue weighted by molar-refractivity contribution is 0.420. The minimum atomic E-state index is -0.0749. The summed E-state index contributed by atoms with van der Waals surface area (Å²) in [5.74, 6) is 1.24. The van der Waals surface area contributed by atoms with Crippen molar-refractivity contribution in [3.05, 3.63) is 77.0 Å². The monoisotopic (exact) mass is 302 g/mol. The van der Waals surface area contributed by atoms with E-state index in [2.05, 4.69) is 0 Å². The second-order valence-electron chi connectivity index (χ2n) is 5.34. The molecule has 0 atom stereocenters. The first kappa shape index (κ1) is 13.6. The van der Waals surface area contributed by atoms with Crippen molar-refractivity contribution in [2.45, 2.75) is 0 Å². The molecule has 0 saturated heterocycles. The van der Waals surface area contributed by atoms with Crippen molar-refractivity contribution in [2.24, 2.45) is 0 Å². The minimum absolute atomic E-state index is 0.0749. The van der Waals surface area contributed by atoms with Gasteiger partial charge in [0.2, 0.25) is 0 Å². The van der Waals surface area contributed by atoms with Crippen LogP contribution in [-0.2, 0) is 0 Å². The van der Waals surface area contributed by atoms with Crippen LogP contribution in [0.5, 0.6) is 5.75 Å². The molecule has 1 heterocycles. The summed E-state index contributed by atoms with van der Waals surface area (Å²) >= 11 is 0. The molecular formula is C20H14O3. The molecule has 3 heteroatoms. The van der Waals surface area contributed by atoms with E-state index in [4.69, 9.17) is 9.15 Å². The van der Waals surface area contributed by atoms with Gasteiger partial charge in [0, 0.05) is 22.4 Å². The molecule has 0 fully saturated rings. The van der Waals surface area contributed by atoms with Gasteiger partial charge in [-0.25, -0.2) is 0 Å². The second-order valence-corrected chi connectivity index (χ2v) is 5.34. The third kappa shape index (κ3) is 2.18. The van der Waals surface area contributed by atoms with Crippen molar-refractivity contribution in [3.8, 4) is 17.1 Å². The van der Waals surface area contributed by atoms with Gasteiger partial charge in [-0.3, -0.25) is 4.79 Å². The number of hydrogen-bond acceptors (Lipinski definition) is 3. The van der Waals surface area contributed by atoms with Crippen LogP contribution in [0, 0.1) is 0 Å². The number of rotatable bonds is 2. The molecule has 0 N–H and O–H groups in total. The molecule has 112 valence electrons. The van der Waals surface area contributed by atoms with Crippen molar-refractivity contribution >= 4 is 21.7 Å². The normalized spacial score (nSPS) is 11.0. The van der Waals surface area contributed by atoms with Crippen molar-refractivity contribution in [1.82, 2.24) is 0 Å². The number of ether oxygens (including phenoxy) is 1. The lowest BCUT2D eigenvalue weighted by atomic mass is 10.0. The molecule has 4 rings (SSSR count). The van der Waals surface area contributed by atoms with Gasteiger partial charge in [-0.05, 0) is 6.07 Å². The molecule has 3 aromatic carbocycles. The molecule has 0 saturated carbocycles. The zero-order chi connectivity index (χ0) is 15.8. The first-order valence-corrected chi connectivity index (χ1v) is 7.37. The Morgan fingerprint density at radius 3 is 2.26 bits per heavy atom. The van der Waals surface area contributed by atoms with Gasteiger partial charge in [0.05, 0.1) is 12.5 Å². The molecule has 0 unspecified atom stereocenters. The predicted molar refractivity (Wildman–Crippen MR) is 92.0 cm³/mol. The minimum Gasteiger partial charge on any atom is -0.496 e. The zero-order valence-corrected chi connectivity index (χ0v) is 12.6. The Labute approximate surface area is 132 Å². The maximum Gasteiger partial charge on any atom is 0.193 e. The Morgan fingerprint density at radius 2 is 1.52 bits per heavy atom. The Balaban J connectivity index is 2.14. The third-order valence-corrected chi connectivity index (χ3v) is 3.98. The summed E-state index contributed by atoms with van der Waals surface area (Å²) in [6, 6.07) is 20.7. The highest BCUT2D eigenvalue weighted by atomic mass is 16.5. The lowest BCUT2D eigenvalue weighted by Gasteiger charge is -2.09. The van der Waals surface area contributed by atoms with Gasteiger partial charge in [0.25, 0.3) is 0 Å². The maximum absolute atomic E-state index is 12.6. The standard InChI is InChI=1S/C20H14O3/c1-22-19-11-16-17(21)12-18(13-7-3-2-4-8-13)23-20(16)15-10-6-5-9-14(15)19/h2-12H,1H3. The fourth-order valence-electron chi connectivity index (χ4n) is 2.86. The summed E-state index contributed by atoms with van der Waals surface area (Å²) in [7, 11) is 1.60. The van der Waals surface area contributed by atoms with Crippen molar-refractivity contribution in [3.63, 3.8) is 0 Å². The molecule has 0 aliphatic rings. The van der Waals surface area contributed by atoms with Gasteiger partial charge >= 0.3 is 0 Å². The molecule has 0 radical (unpaired) electrons. The van der Waals surface area contributed by atoms with Crippen LogP contribution in [0.2, 0.25) is 0 Å². The summed E-state index contributed by atoms with van der Waals surface area (Å²) < 4.78 is 11.5. The predicted octanol–water partition coefficient (Wildman–Crippen LogP) is 4.62. The first-order valence-electron chi connectivity index (χ1n) is 7.37. The molecule has 0 spiro atoms. The average molecular weight is 302 g/mol. The summed E-state index contributed by atoms with van der Waals surface area (Å²) in [5, 5.41) is 2.33. The van der Waals surface area contributed by atoms with E-state index in [-0.39, 0.29) is 5.43 Å². The van der Waals surface area contributed by atoms with E-state index in [0.717, 1.165) is 16.3 Å². The third-order valence-electron chi connectivity index (χ3n) is 3.98. The van der Waals surface area contributed by atoms with Gasteiger partial charge in [-0.15, -0.1) is 0 Å². The summed E-state index contributed by atoms with van der Waals surface area (Å²) in [5.41, 5.74) is 1.40. The first-order chi connectivity index (χ1) is 11.3. The van der Waals surface area contributed by atoms with Gasteiger partial charge < -0.3 is 9.15 Å². The second kappa shape index (κ2) is 5.29. The lowest BCUT2D eigenvalue weighted by Crippen LogP contribution is -2.01. The van der Waals surface area contributed by atoms with Crippen LogP contribution in [-0.4, -0.2) is 7.11 Å².